The Morgan fingerprint density at radius 1 is 1.17 bits per heavy atom. The number of aromatic nitrogens is 3. The molecule has 6 nitrogen and oxygen atoms in total. The summed E-state index contributed by atoms with van der Waals surface area (Å²) in [5.74, 6) is 1.28. The predicted octanol–water partition coefficient (Wildman–Crippen LogP) is 5.39. The van der Waals surface area contributed by atoms with Crippen LogP contribution < -0.4 is 10.1 Å². The topological polar surface area (TPSA) is 69.0 Å². The molecule has 1 aromatic heterocycles. The van der Waals surface area contributed by atoms with E-state index in [0.717, 1.165) is 11.3 Å². The van der Waals surface area contributed by atoms with Crippen molar-refractivity contribution < 1.29 is 9.53 Å². The minimum Gasteiger partial charge on any atom is -0.485 e. The zero-order chi connectivity index (χ0) is 21.0. The molecule has 3 aromatic rings. The summed E-state index contributed by atoms with van der Waals surface area (Å²) in [5, 5.41) is 12.5. The normalized spacial score (nSPS) is 10.8. The number of para-hydroxylation sites is 1. The summed E-state index contributed by atoms with van der Waals surface area (Å²) in [6, 6.07) is 10.8. The maximum atomic E-state index is 12.3. The lowest BCUT2D eigenvalue weighted by molar-refractivity contribution is -0.113. The number of nitrogens with one attached hydrogen (secondary N) is 1. The summed E-state index contributed by atoms with van der Waals surface area (Å²) >= 11 is 19.3. The fourth-order valence-electron chi connectivity index (χ4n) is 2.42. The zero-order valence-corrected chi connectivity index (χ0v) is 18.7. The average molecular weight is 472 g/mol. The number of nitrogens with zero attached hydrogens (tertiary/aromatic N) is 3. The van der Waals surface area contributed by atoms with Crippen LogP contribution in [0.2, 0.25) is 15.1 Å². The van der Waals surface area contributed by atoms with Crippen LogP contribution >= 0.6 is 46.6 Å². The first-order valence-corrected chi connectivity index (χ1v) is 10.6. The molecular weight excluding hydrogens is 455 g/mol. The summed E-state index contributed by atoms with van der Waals surface area (Å²) in [6.07, 6.45) is 0. The van der Waals surface area contributed by atoms with Gasteiger partial charge in [0.15, 0.2) is 11.0 Å². The number of halogens is 3. The number of benzene rings is 2. The van der Waals surface area contributed by atoms with Gasteiger partial charge in [-0.2, -0.15) is 0 Å². The van der Waals surface area contributed by atoms with E-state index in [2.05, 4.69) is 15.5 Å². The van der Waals surface area contributed by atoms with Gasteiger partial charge in [0.2, 0.25) is 5.91 Å². The van der Waals surface area contributed by atoms with E-state index in [0.29, 0.717) is 21.7 Å². The molecule has 0 atom stereocenters. The Hall–Kier alpha value is -1.93. The standard InChI is InChI=1S/C19H17Cl3N4O2S/c1-11-5-3-4-6-15(11)28-9-16-24-25-19(26(16)2)29-10-17(27)23-18-13(21)7-12(20)8-14(18)22/h3-8H,9-10H2,1-2H3,(H,23,27). The molecule has 0 radical (unpaired) electrons. The van der Waals surface area contributed by atoms with E-state index in [-0.39, 0.29) is 28.3 Å². The molecule has 0 spiro atoms. The first-order valence-electron chi connectivity index (χ1n) is 8.49. The molecule has 0 aliphatic heterocycles. The Kier molecular flexibility index (Phi) is 7.29. The van der Waals surface area contributed by atoms with Gasteiger partial charge in [0, 0.05) is 12.1 Å². The van der Waals surface area contributed by atoms with Crippen LogP contribution in [0.25, 0.3) is 0 Å². The molecule has 0 fully saturated rings. The third-order valence-electron chi connectivity index (χ3n) is 3.98. The number of hydrogen-bond acceptors (Lipinski definition) is 5. The molecule has 0 aliphatic rings. The minimum atomic E-state index is -0.276. The van der Waals surface area contributed by atoms with Crippen molar-refractivity contribution in [2.45, 2.75) is 18.7 Å². The monoisotopic (exact) mass is 470 g/mol. The molecule has 152 valence electrons. The van der Waals surface area contributed by atoms with E-state index >= 15 is 0 Å². The summed E-state index contributed by atoms with van der Waals surface area (Å²) in [7, 11) is 1.82. The highest BCUT2D eigenvalue weighted by Crippen LogP contribution is 2.33. The van der Waals surface area contributed by atoms with Crippen molar-refractivity contribution in [3.8, 4) is 5.75 Å². The summed E-state index contributed by atoms with van der Waals surface area (Å²) < 4.78 is 7.60. The number of aryl methyl sites for hydroxylation is 1. The van der Waals surface area contributed by atoms with E-state index in [1.165, 1.54) is 23.9 Å². The number of rotatable bonds is 7. The van der Waals surface area contributed by atoms with E-state index < -0.39 is 0 Å². The molecule has 1 N–H and O–H groups in total. The predicted molar refractivity (Wildman–Crippen MR) is 117 cm³/mol. The Bertz CT molecular complexity index is 1020. The van der Waals surface area contributed by atoms with Crippen molar-refractivity contribution in [2.24, 2.45) is 7.05 Å². The Morgan fingerprint density at radius 2 is 1.86 bits per heavy atom. The van der Waals surface area contributed by atoms with Gasteiger partial charge in [-0.05, 0) is 30.7 Å². The molecule has 0 aliphatic carbocycles. The van der Waals surface area contributed by atoms with Crippen LogP contribution in [0, 0.1) is 6.92 Å². The van der Waals surface area contributed by atoms with Crippen LogP contribution in [0.15, 0.2) is 41.6 Å². The highest BCUT2D eigenvalue weighted by atomic mass is 35.5. The number of anilines is 1. The average Bonchev–Trinajstić information content (AvgIpc) is 3.02. The van der Waals surface area contributed by atoms with E-state index in [9.17, 15) is 4.79 Å². The molecule has 1 heterocycles. The van der Waals surface area contributed by atoms with E-state index in [1.54, 1.807) is 4.57 Å². The van der Waals surface area contributed by atoms with Crippen LogP contribution in [-0.4, -0.2) is 26.4 Å². The maximum Gasteiger partial charge on any atom is 0.234 e. The highest BCUT2D eigenvalue weighted by molar-refractivity contribution is 7.99. The van der Waals surface area contributed by atoms with Crippen LogP contribution in [0.3, 0.4) is 0 Å². The van der Waals surface area contributed by atoms with Gasteiger partial charge >= 0.3 is 0 Å². The molecule has 3 rings (SSSR count). The van der Waals surface area contributed by atoms with Crippen LogP contribution in [0.4, 0.5) is 5.69 Å². The smallest absolute Gasteiger partial charge is 0.234 e. The molecule has 29 heavy (non-hydrogen) atoms. The van der Waals surface area contributed by atoms with Gasteiger partial charge in [-0.25, -0.2) is 0 Å². The Morgan fingerprint density at radius 3 is 2.55 bits per heavy atom. The van der Waals surface area contributed by atoms with E-state index in [4.69, 9.17) is 39.5 Å². The second-order valence-corrected chi connectivity index (χ2v) is 8.29. The molecule has 0 saturated heterocycles. The minimum absolute atomic E-state index is 0.111. The quantitative estimate of drug-likeness (QED) is 0.468. The zero-order valence-electron chi connectivity index (χ0n) is 15.6. The second kappa shape index (κ2) is 9.71. The van der Waals surface area contributed by atoms with Crippen molar-refractivity contribution in [1.29, 1.82) is 0 Å². The molecule has 0 bridgehead atoms. The molecule has 0 unspecified atom stereocenters. The van der Waals surface area contributed by atoms with Crippen molar-refractivity contribution >= 4 is 58.2 Å². The fourth-order valence-corrected chi connectivity index (χ4v) is 4.07. The van der Waals surface area contributed by atoms with Gasteiger partial charge in [0.1, 0.15) is 12.4 Å². The van der Waals surface area contributed by atoms with Crippen molar-refractivity contribution in [2.75, 3.05) is 11.1 Å². The van der Waals surface area contributed by atoms with Crippen molar-refractivity contribution in [3.05, 3.63) is 62.9 Å². The Labute approximate surface area is 187 Å². The third-order valence-corrected chi connectivity index (χ3v) is 5.81. The van der Waals surface area contributed by atoms with Gasteiger partial charge in [-0.3, -0.25) is 4.79 Å². The fraction of sp³-hybridized carbons (Fsp3) is 0.211. The third kappa shape index (κ3) is 5.57. The second-order valence-electron chi connectivity index (χ2n) is 6.09. The van der Waals surface area contributed by atoms with Gasteiger partial charge in [0.05, 0.1) is 21.5 Å². The maximum absolute atomic E-state index is 12.3. The van der Waals surface area contributed by atoms with Crippen LogP contribution in [0.1, 0.15) is 11.4 Å². The number of ether oxygens (including phenoxy) is 1. The van der Waals surface area contributed by atoms with E-state index in [1.807, 2.05) is 38.2 Å². The van der Waals surface area contributed by atoms with Crippen molar-refractivity contribution in [3.63, 3.8) is 0 Å². The lowest BCUT2D eigenvalue weighted by atomic mass is 10.2. The SMILES string of the molecule is Cc1ccccc1OCc1nnc(SCC(=O)Nc2c(Cl)cc(Cl)cc2Cl)n1C. The summed E-state index contributed by atoms with van der Waals surface area (Å²) in [6.45, 7) is 2.25. The van der Waals surface area contributed by atoms with Gasteiger partial charge in [-0.15, -0.1) is 10.2 Å². The number of hydrogen-bond donors (Lipinski definition) is 1. The first-order chi connectivity index (χ1) is 13.8. The van der Waals surface area contributed by atoms with Crippen LogP contribution in [0.5, 0.6) is 5.75 Å². The molecule has 0 saturated carbocycles. The molecule has 1 amide bonds. The van der Waals surface area contributed by atoms with Crippen LogP contribution in [-0.2, 0) is 18.4 Å². The summed E-state index contributed by atoms with van der Waals surface area (Å²) in [4.78, 5) is 12.3. The Balaban J connectivity index is 1.57. The lowest BCUT2D eigenvalue weighted by Crippen LogP contribution is -2.15. The first kappa shape index (κ1) is 21.8. The largest absolute Gasteiger partial charge is 0.485 e. The van der Waals surface area contributed by atoms with Gasteiger partial charge in [0.25, 0.3) is 0 Å². The molecular formula is C19H17Cl3N4O2S. The molecule has 10 heteroatoms. The van der Waals surface area contributed by atoms with Crippen molar-refractivity contribution in [1.82, 2.24) is 14.8 Å². The lowest BCUT2D eigenvalue weighted by Gasteiger charge is -2.10. The van der Waals surface area contributed by atoms with Gasteiger partial charge < -0.3 is 14.6 Å². The number of carbonyl (C=O) groups excluding carboxylic acids is 1. The highest BCUT2D eigenvalue weighted by Gasteiger charge is 2.15. The van der Waals surface area contributed by atoms with Gasteiger partial charge in [-0.1, -0.05) is 64.8 Å². The summed E-state index contributed by atoms with van der Waals surface area (Å²) in [5.41, 5.74) is 1.37. The number of thioether (sulfide) groups is 1. The number of carbonyl (C=O) groups is 1. The number of amides is 1. The molecule has 2 aromatic carbocycles.